The van der Waals surface area contributed by atoms with Crippen LogP contribution in [0.3, 0.4) is 0 Å². The molecule has 1 aliphatic heterocycles. The number of carbonyl (C=O) groups excluding carboxylic acids is 1. The minimum atomic E-state index is -1.20. The van der Waals surface area contributed by atoms with Crippen LogP contribution >= 0.6 is 0 Å². The molecule has 7 heteroatoms. The molecule has 0 spiro atoms. The van der Waals surface area contributed by atoms with Gasteiger partial charge >= 0.3 is 5.97 Å². The molecule has 0 aromatic heterocycles. The molecule has 1 amide bonds. The van der Waals surface area contributed by atoms with E-state index in [9.17, 15) is 14.7 Å². The van der Waals surface area contributed by atoms with Crippen LogP contribution in [0.1, 0.15) is 59.5 Å². The normalized spacial score (nSPS) is 17.6. The Labute approximate surface area is 194 Å². The number of carbonyl (C=O) groups is 2. The minimum absolute atomic E-state index is 0.351. The molecule has 2 aliphatic rings. The van der Waals surface area contributed by atoms with Crippen LogP contribution in [0.4, 0.5) is 0 Å². The van der Waals surface area contributed by atoms with Gasteiger partial charge < -0.3 is 24.6 Å². The third-order valence-electron chi connectivity index (χ3n) is 6.60. The van der Waals surface area contributed by atoms with Crippen molar-refractivity contribution in [2.24, 2.45) is 0 Å². The lowest BCUT2D eigenvalue weighted by Gasteiger charge is -2.34. The molecule has 176 valence electrons. The summed E-state index contributed by atoms with van der Waals surface area (Å²) in [4.78, 5) is 24.8. The van der Waals surface area contributed by atoms with Gasteiger partial charge in [0.05, 0.1) is 26.9 Å². The lowest BCUT2D eigenvalue weighted by Crippen LogP contribution is -2.55. The molecule has 7 nitrogen and oxygen atoms in total. The fraction of sp³-hybridized carbons (Fsp3) is 0.462. The molecule has 2 fully saturated rings. The number of hydrogen-bond donors (Lipinski definition) is 2. The number of carboxylic acids is 1. The molecule has 0 unspecified atom stereocenters. The molecule has 2 N–H and O–H groups in total. The van der Waals surface area contributed by atoms with Crippen molar-refractivity contribution in [3.8, 4) is 11.5 Å². The third kappa shape index (κ3) is 5.30. The first-order valence-electron chi connectivity index (χ1n) is 11.5. The highest BCUT2D eigenvalue weighted by Gasteiger charge is 2.41. The molecule has 0 radical (unpaired) electrons. The summed E-state index contributed by atoms with van der Waals surface area (Å²) in [6, 6.07) is 13.4. The predicted octanol–water partition coefficient (Wildman–Crippen LogP) is 3.95. The summed E-state index contributed by atoms with van der Waals surface area (Å²) >= 11 is 0. The first-order chi connectivity index (χ1) is 16.0. The van der Waals surface area contributed by atoms with Gasteiger partial charge in [0.1, 0.15) is 5.54 Å². The van der Waals surface area contributed by atoms with Crippen molar-refractivity contribution in [3.05, 3.63) is 59.2 Å². The summed E-state index contributed by atoms with van der Waals surface area (Å²) in [6.45, 7) is 1.97. The van der Waals surface area contributed by atoms with Crippen LogP contribution in [-0.4, -0.2) is 49.5 Å². The molecular weight excluding hydrogens is 422 g/mol. The van der Waals surface area contributed by atoms with E-state index in [0.29, 0.717) is 48.8 Å². The minimum Gasteiger partial charge on any atom is -0.493 e. The quantitative estimate of drug-likeness (QED) is 0.597. The van der Waals surface area contributed by atoms with Crippen LogP contribution in [0.25, 0.3) is 0 Å². The van der Waals surface area contributed by atoms with Crippen molar-refractivity contribution < 1.29 is 28.9 Å². The van der Waals surface area contributed by atoms with Crippen LogP contribution < -0.4 is 14.8 Å². The van der Waals surface area contributed by atoms with E-state index in [1.165, 1.54) is 11.1 Å². The molecule has 2 aromatic carbocycles. The van der Waals surface area contributed by atoms with Crippen molar-refractivity contribution in [2.75, 3.05) is 26.9 Å². The van der Waals surface area contributed by atoms with E-state index in [1.54, 1.807) is 25.3 Å². The number of hydrogen-bond acceptors (Lipinski definition) is 5. The van der Waals surface area contributed by atoms with Gasteiger partial charge in [-0.25, -0.2) is 4.79 Å². The Morgan fingerprint density at radius 2 is 1.88 bits per heavy atom. The molecule has 4 rings (SSSR count). The summed E-state index contributed by atoms with van der Waals surface area (Å²) in [5, 5.41) is 12.5. The maximum Gasteiger partial charge on any atom is 0.329 e. The van der Waals surface area contributed by atoms with Gasteiger partial charge in [0.2, 0.25) is 0 Å². The van der Waals surface area contributed by atoms with E-state index in [1.807, 2.05) is 0 Å². The zero-order valence-electron chi connectivity index (χ0n) is 19.0. The second-order valence-corrected chi connectivity index (χ2v) is 8.85. The smallest absolute Gasteiger partial charge is 0.329 e. The second-order valence-electron chi connectivity index (χ2n) is 8.85. The van der Waals surface area contributed by atoms with Gasteiger partial charge in [-0.05, 0) is 42.2 Å². The summed E-state index contributed by atoms with van der Waals surface area (Å²) in [6.07, 6.45) is 4.17. The number of nitrogens with one attached hydrogen (secondary N) is 1. The monoisotopic (exact) mass is 453 g/mol. The second kappa shape index (κ2) is 10.3. The highest BCUT2D eigenvalue weighted by molar-refractivity contribution is 5.98. The molecule has 1 aliphatic carbocycles. The maximum atomic E-state index is 12.9. The fourth-order valence-corrected chi connectivity index (χ4v) is 4.48. The Morgan fingerprint density at radius 1 is 1.09 bits per heavy atom. The van der Waals surface area contributed by atoms with E-state index < -0.39 is 17.4 Å². The summed E-state index contributed by atoms with van der Waals surface area (Å²) in [5.41, 5.74) is 1.61. The first-order valence-corrected chi connectivity index (χ1v) is 11.5. The van der Waals surface area contributed by atoms with Crippen LogP contribution in [0.15, 0.2) is 42.5 Å². The SMILES string of the molecule is COc1ccc(C(=O)NC2(C(=O)O)CCCCC2)cc1OCCc1cccc(C2COC2)c1. The molecule has 1 saturated heterocycles. The molecule has 33 heavy (non-hydrogen) atoms. The highest BCUT2D eigenvalue weighted by atomic mass is 16.5. The van der Waals surface area contributed by atoms with Gasteiger partial charge in [-0.15, -0.1) is 0 Å². The maximum absolute atomic E-state index is 12.9. The van der Waals surface area contributed by atoms with E-state index in [-0.39, 0.29) is 0 Å². The molecule has 1 heterocycles. The molecule has 1 saturated carbocycles. The summed E-state index contributed by atoms with van der Waals surface area (Å²) < 4.78 is 16.7. The van der Waals surface area contributed by atoms with Gasteiger partial charge in [0.25, 0.3) is 5.91 Å². The van der Waals surface area contributed by atoms with Gasteiger partial charge in [-0.2, -0.15) is 0 Å². The largest absolute Gasteiger partial charge is 0.493 e. The first kappa shape index (κ1) is 23.1. The Balaban J connectivity index is 1.42. The lowest BCUT2D eigenvalue weighted by molar-refractivity contribution is -0.145. The molecular formula is C26H31NO6. The molecule has 2 aromatic rings. The lowest BCUT2D eigenvalue weighted by atomic mass is 9.81. The molecule has 0 bridgehead atoms. The van der Waals surface area contributed by atoms with Crippen LogP contribution in [0, 0.1) is 0 Å². The average molecular weight is 454 g/mol. The van der Waals surface area contributed by atoms with Gasteiger partial charge in [0, 0.05) is 17.9 Å². The van der Waals surface area contributed by atoms with E-state index in [2.05, 4.69) is 29.6 Å². The average Bonchev–Trinajstić information content (AvgIpc) is 2.78. The number of ether oxygens (including phenoxy) is 3. The van der Waals surface area contributed by atoms with Crippen LogP contribution in [-0.2, 0) is 16.0 Å². The van der Waals surface area contributed by atoms with Gasteiger partial charge in [-0.3, -0.25) is 4.79 Å². The number of methoxy groups -OCH3 is 1. The highest BCUT2D eigenvalue weighted by Crippen LogP contribution is 2.31. The zero-order chi connectivity index (χ0) is 23.3. The Bertz CT molecular complexity index is 994. The number of aliphatic carboxylic acids is 1. The Hall–Kier alpha value is -3.06. The number of benzene rings is 2. The molecule has 0 atom stereocenters. The fourth-order valence-electron chi connectivity index (χ4n) is 4.48. The van der Waals surface area contributed by atoms with E-state index in [0.717, 1.165) is 32.5 Å². The van der Waals surface area contributed by atoms with Crippen molar-refractivity contribution in [1.82, 2.24) is 5.32 Å². The number of rotatable bonds is 9. The van der Waals surface area contributed by atoms with E-state index in [4.69, 9.17) is 14.2 Å². The third-order valence-corrected chi connectivity index (χ3v) is 6.60. The Kier molecular flexibility index (Phi) is 7.18. The van der Waals surface area contributed by atoms with Crippen LogP contribution in [0.2, 0.25) is 0 Å². The van der Waals surface area contributed by atoms with Crippen molar-refractivity contribution in [3.63, 3.8) is 0 Å². The van der Waals surface area contributed by atoms with Crippen molar-refractivity contribution in [2.45, 2.75) is 50.0 Å². The standard InChI is InChI=1S/C26H31NO6/c1-31-22-9-8-20(24(28)27-26(25(29)30)11-3-2-4-12-26)15-23(22)33-13-10-18-6-5-7-19(14-18)21-16-32-17-21/h5-9,14-15,21H,2-4,10-13,16-17H2,1H3,(H,27,28)(H,29,30). The number of amides is 1. The van der Waals surface area contributed by atoms with Gasteiger partial charge in [-0.1, -0.05) is 43.5 Å². The van der Waals surface area contributed by atoms with Crippen molar-refractivity contribution in [1.29, 1.82) is 0 Å². The number of carboxylic acid groups (broad SMARTS) is 1. The van der Waals surface area contributed by atoms with Crippen molar-refractivity contribution >= 4 is 11.9 Å². The van der Waals surface area contributed by atoms with E-state index >= 15 is 0 Å². The summed E-state index contributed by atoms with van der Waals surface area (Å²) in [7, 11) is 1.55. The van der Waals surface area contributed by atoms with Gasteiger partial charge in [0.15, 0.2) is 11.5 Å². The zero-order valence-corrected chi connectivity index (χ0v) is 19.0. The topological polar surface area (TPSA) is 94.1 Å². The predicted molar refractivity (Wildman–Crippen MR) is 123 cm³/mol. The Morgan fingerprint density at radius 3 is 2.55 bits per heavy atom. The van der Waals surface area contributed by atoms with Crippen LogP contribution in [0.5, 0.6) is 11.5 Å². The summed E-state index contributed by atoms with van der Waals surface area (Å²) in [5.74, 6) is 0.0668.